The highest BCUT2D eigenvalue weighted by molar-refractivity contribution is 7.10. The molecule has 0 aromatic carbocycles. The van der Waals surface area contributed by atoms with Gasteiger partial charge >= 0.3 is 12.1 Å². The third-order valence-corrected chi connectivity index (χ3v) is 3.72. The number of hydrogen-bond donors (Lipinski definition) is 1. The van der Waals surface area contributed by atoms with Crippen LogP contribution in [-0.2, 0) is 15.9 Å². The van der Waals surface area contributed by atoms with Gasteiger partial charge in [-0.1, -0.05) is 0 Å². The first kappa shape index (κ1) is 16.5. The fourth-order valence-electron chi connectivity index (χ4n) is 1.61. The quantitative estimate of drug-likeness (QED) is 0.868. The minimum absolute atomic E-state index is 0.329. The van der Waals surface area contributed by atoms with E-state index in [1.807, 2.05) is 27.7 Å². The van der Waals surface area contributed by atoms with Crippen LogP contribution >= 0.6 is 11.3 Å². The van der Waals surface area contributed by atoms with E-state index in [1.54, 1.807) is 5.38 Å². The van der Waals surface area contributed by atoms with Crippen molar-refractivity contribution in [2.75, 3.05) is 13.7 Å². The van der Waals surface area contributed by atoms with Gasteiger partial charge in [-0.15, -0.1) is 11.3 Å². The minimum atomic E-state index is -0.499. The second kappa shape index (κ2) is 6.74. The number of amides is 1. The molecule has 1 rings (SSSR count). The van der Waals surface area contributed by atoms with Gasteiger partial charge in [0.2, 0.25) is 0 Å². The molecule has 0 unspecified atom stereocenters. The Morgan fingerprint density at radius 3 is 2.55 bits per heavy atom. The van der Waals surface area contributed by atoms with Crippen LogP contribution in [0, 0.1) is 6.92 Å². The largest absolute Gasteiger partial charge is 0.465 e. The molecule has 1 aromatic rings. The van der Waals surface area contributed by atoms with Crippen molar-refractivity contribution in [1.82, 2.24) is 5.32 Å². The lowest BCUT2D eigenvalue weighted by atomic mass is 10.1. The molecule has 0 saturated carbocycles. The molecule has 5 nitrogen and oxygen atoms in total. The van der Waals surface area contributed by atoms with Crippen LogP contribution in [0.25, 0.3) is 0 Å². The fourth-order valence-corrected chi connectivity index (χ4v) is 2.65. The van der Waals surface area contributed by atoms with Gasteiger partial charge in [-0.2, -0.15) is 0 Å². The molecule has 1 aromatic heterocycles. The van der Waals surface area contributed by atoms with Crippen LogP contribution in [0.15, 0.2) is 5.38 Å². The van der Waals surface area contributed by atoms with Crippen LogP contribution < -0.4 is 5.32 Å². The number of rotatable bonds is 4. The summed E-state index contributed by atoms with van der Waals surface area (Å²) in [5.41, 5.74) is 0.999. The molecule has 112 valence electrons. The molecule has 1 N–H and O–H groups in total. The van der Waals surface area contributed by atoms with Crippen LogP contribution in [0.1, 0.15) is 41.6 Å². The lowest BCUT2D eigenvalue weighted by Crippen LogP contribution is -2.33. The summed E-state index contributed by atoms with van der Waals surface area (Å²) >= 11 is 1.49. The molecule has 0 aliphatic rings. The van der Waals surface area contributed by atoms with Crippen molar-refractivity contribution in [2.45, 2.75) is 39.7 Å². The normalized spacial score (nSPS) is 11.1. The first-order valence-electron chi connectivity index (χ1n) is 6.36. The van der Waals surface area contributed by atoms with Crippen molar-refractivity contribution >= 4 is 23.4 Å². The van der Waals surface area contributed by atoms with Crippen molar-refractivity contribution < 1.29 is 19.1 Å². The van der Waals surface area contributed by atoms with Gasteiger partial charge in [0, 0.05) is 16.8 Å². The standard InChI is InChI=1S/C14H21NO4S/c1-9-10(12(16)18-5)8-20-11(9)6-7-15-13(17)19-14(2,3)4/h8H,6-7H2,1-5H3,(H,15,17). The van der Waals surface area contributed by atoms with E-state index < -0.39 is 11.7 Å². The summed E-state index contributed by atoms with van der Waals surface area (Å²) in [7, 11) is 1.36. The number of ether oxygens (including phenoxy) is 2. The average Bonchev–Trinajstić information content (AvgIpc) is 2.68. The lowest BCUT2D eigenvalue weighted by molar-refractivity contribution is 0.0527. The Morgan fingerprint density at radius 2 is 2.00 bits per heavy atom. The zero-order chi connectivity index (χ0) is 15.3. The molecule has 0 bridgehead atoms. The molecule has 0 saturated heterocycles. The van der Waals surface area contributed by atoms with Crippen molar-refractivity contribution in [3.63, 3.8) is 0 Å². The van der Waals surface area contributed by atoms with Gasteiger partial charge in [0.25, 0.3) is 0 Å². The van der Waals surface area contributed by atoms with Gasteiger partial charge in [-0.25, -0.2) is 9.59 Å². The zero-order valence-corrected chi connectivity index (χ0v) is 13.3. The zero-order valence-electron chi connectivity index (χ0n) is 12.5. The van der Waals surface area contributed by atoms with Gasteiger partial charge in [-0.05, 0) is 39.7 Å². The smallest absolute Gasteiger partial charge is 0.407 e. The van der Waals surface area contributed by atoms with Crippen LogP contribution in [-0.4, -0.2) is 31.3 Å². The van der Waals surface area contributed by atoms with Crippen LogP contribution in [0.5, 0.6) is 0 Å². The Balaban J connectivity index is 2.49. The molecule has 0 fully saturated rings. The van der Waals surface area contributed by atoms with Crippen molar-refractivity contribution in [3.8, 4) is 0 Å². The molecule has 0 radical (unpaired) electrons. The van der Waals surface area contributed by atoms with E-state index in [0.717, 1.165) is 10.4 Å². The Hall–Kier alpha value is -1.56. The first-order chi connectivity index (χ1) is 9.24. The molecule has 0 spiro atoms. The highest BCUT2D eigenvalue weighted by Crippen LogP contribution is 2.22. The summed E-state index contributed by atoms with van der Waals surface area (Å²) in [6, 6.07) is 0. The van der Waals surface area contributed by atoms with Crippen molar-refractivity contribution in [2.24, 2.45) is 0 Å². The van der Waals surface area contributed by atoms with E-state index in [9.17, 15) is 9.59 Å². The van der Waals surface area contributed by atoms with E-state index in [-0.39, 0.29) is 5.97 Å². The predicted molar refractivity (Wildman–Crippen MR) is 78.3 cm³/mol. The van der Waals surface area contributed by atoms with Crippen LogP contribution in [0.4, 0.5) is 4.79 Å². The predicted octanol–water partition coefficient (Wildman–Crippen LogP) is 2.91. The van der Waals surface area contributed by atoms with E-state index >= 15 is 0 Å². The lowest BCUT2D eigenvalue weighted by Gasteiger charge is -2.19. The fraction of sp³-hybridized carbons (Fsp3) is 0.571. The monoisotopic (exact) mass is 299 g/mol. The van der Waals surface area contributed by atoms with Gasteiger partial charge in [0.05, 0.1) is 12.7 Å². The number of carbonyl (C=O) groups excluding carboxylic acids is 2. The maximum absolute atomic E-state index is 11.5. The summed E-state index contributed by atoms with van der Waals surface area (Å²) in [6.07, 6.45) is 0.229. The Morgan fingerprint density at radius 1 is 1.35 bits per heavy atom. The SMILES string of the molecule is COC(=O)c1csc(CCNC(=O)OC(C)(C)C)c1C. The summed E-state index contributed by atoms with van der Waals surface area (Å²) in [5, 5.41) is 4.48. The third-order valence-electron chi connectivity index (χ3n) is 2.57. The number of esters is 1. The molecular weight excluding hydrogens is 278 g/mol. The Bertz CT molecular complexity index is 488. The van der Waals surface area contributed by atoms with Crippen molar-refractivity contribution in [3.05, 3.63) is 21.4 Å². The summed E-state index contributed by atoms with van der Waals surface area (Å²) in [4.78, 5) is 24.0. The molecule has 0 aliphatic heterocycles. The van der Waals surface area contributed by atoms with Gasteiger partial charge < -0.3 is 14.8 Å². The molecule has 1 heterocycles. The molecule has 6 heteroatoms. The molecule has 0 atom stereocenters. The van der Waals surface area contributed by atoms with Crippen LogP contribution in [0.2, 0.25) is 0 Å². The van der Waals surface area contributed by atoms with E-state index in [4.69, 9.17) is 9.47 Å². The number of thiophene rings is 1. The number of nitrogens with one attached hydrogen (secondary N) is 1. The highest BCUT2D eigenvalue weighted by atomic mass is 32.1. The van der Waals surface area contributed by atoms with Gasteiger partial charge in [-0.3, -0.25) is 0 Å². The molecule has 20 heavy (non-hydrogen) atoms. The van der Waals surface area contributed by atoms with E-state index in [0.29, 0.717) is 18.5 Å². The maximum Gasteiger partial charge on any atom is 0.407 e. The topological polar surface area (TPSA) is 64.6 Å². The number of carbonyl (C=O) groups is 2. The van der Waals surface area contributed by atoms with Crippen LogP contribution in [0.3, 0.4) is 0 Å². The third kappa shape index (κ3) is 4.85. The maximum atomic E-state index is 11.5. The Kier molecular flexibility index (Phi) is 5.56. The molecular formula is C14H21NO4S. The summed E-state index contributed by atoms with van der Waals surface area (Å²) in [5.74, 6) is -0.329. The molecule has 0 aliphatic carbocycles. The second-order valence-corrected chi connectivity index (χ2v) is 6.33. The number of hydrogen-bond acceptors (Lipinski definition) is 5. The van der Waals surface area contributed by atoms with Gasteiger partial charge in [0.1, 0.15) is 5.60 Å². The summed E-state index contributed by atoms with van der Waals surface area (Å²) < 4.78 is 9.85. The average molecular weight is 299 g/mol. The highest BCUT2D eigenvalue weighted by Gasteiger charge is 2.17. The Labute approximate surface area is 123 Å². The first-order valence-corrected chi connectivity index (χ1v) is 7.24. The summed E-state index contributed by atoms with van der Waals surface area (Å²) in [6.45, 7) is 7.80. The van der Waals surface area contributed by atoms with Crippen molar-refractivity contribution in [1.29, 1.82) is 0 Å². The van der Waals surface area contributed by atoms with Gasteiger partial charge in [0.15, 0.2) is 0 Å². The number of methoxy groups -OCH3 is 1. The second-order valence-electron chi connectivity index (χ2n) is 5.37. The molecule has 1 amide bonds. The minimum Gasteiger partial charge on any atom is -0.465 e. The number of alkyl carbamates (subject to hydrolysis) is 1. The van der Waals surface area contributed by atoms with E-state index in [2.05, 4.69) is 5.32 Å². The van der Waals surface area contributed by atoms with E-state index in [1.165, 1.54) is 18.4 Å².